The van der Waals surface area contributed by atoms with Gasteiger partial charge in [0.25, 0.3) is 5.91 Å². The van der Waals surface area contributed by atoms with E-state index in [9.17, 15) is 22.8 Å². The number of amides is 2. The average Bonchev–Trinajstić information content (AvgIpc) is 2.85. The lowest BCUT2D eigenvalue weighted by molar-refractivity contribution is -0.137. The van der Waals surface area contributed by atoms with Crippen molar-refractivity contribution in [3.05, 3.63) is 35.4 Å². The summed E-state index contributed by atoms with van der Waals surface area (Å²) in [5, 5.41) is 0. The Balaban J connectivity index is 1.87. The fourth-order valence-corrected chi connectivity index (χ4v) is 2.56. The number of rotatable bonds is 3. The van der Waals surface area contributed by atoms with Crippen LogP contribution in [0.25, 0.3) is 0 Å². The Labute approximate surface area is 155 Å². The molecule has 2 amide bonds. The third-order valence-corrected chi connectivity index (χ3v) is 3.91. The number of ether oxygens (including phenoxy) is 1. The van der Waals surface area contributed by atoms with E-state index in [1.54, 1.807) is 0 Å². The lowest BCUT2D eigenvalue weighted by Gasteiger charge is -2.20. The van der Waals surface area contributed by atoms with Crippen LogP contribution in [0.15, 0.2) is 24.3 Å². The van der Waals surface area contributed by atoms with Gasteiger partial charge in [0.1, 0.15) is 0 Å². The van der Waals surface area contributed by atoms with Gasteiger partial charge in [0.05, 0.1) is 12.1 Å². The monoisotopic (exact) mass is 383 g/mol. The second-order valence-electron chi connectivity index (χ2n) is 6.02. The van der Waals surface area contributed by atoms with Gasteiger partial charge in [-0.05, 0) is 24.6 Å². The number of primary amides is 1. The van der Waals surface area contributed by atoms with E-state index in [-0.39, 0.29) is 0 Å². The van der Waals surface area contributed by atoms with E-state index in [2.05, 4.69) is 11.8 Å². The Hall–Kier alpha value is -2.73. The van der Waals surface area contributed by atoms with Crippen molar-refractivity contribution in [1.29, 1.82) is 0 Å². The minimum Gasteiger partial charge on any atom is -0.439 e. The lowest BCUT2D eigenvalue weighted by atomic mass is 10.1. The number of halogens is 3. The summed E-state index contributed by atoms with van der Waals surface area (Å²) in [7, 11) is 0. The molecule has 1 fully saturated rings. The average molecular weight is 383 g/mol. The van der Waals surface area contributed by atoms with Gasteiger partial charge in [-0.2, -0.15) is 13.2 Å². The van der Waals surface area contributed by atoms with Crippen LogP contribution in [0.1, 0.15) is 17.5 Å². The summed E-state index contributed by atoms with van der Waals surface area (Å²) < 4.78 is 42.9. The minimum atomic E-state index is -4.39. The maximum atomic E-state index is 12.7. The summed E-state index contributed by atoms with van der Waals surface area (Å²) in [6.07, 6.45) is -4.29. The highest BCUT2D eigenvalue weighted by atomic mass is 19.4. The van der Waals surface area contributed by atoms with Crippen molar-refractivity contribution in [3.63, 3.8) is 0 Å². The van der Waals surface area contributed by atoms with E-state index in [1.165, 1.54) is 17.0 Å². The zero-order chi connectivity index (χ0) is 19.9. The molecule has 1 heterocycles. The molecule has 0 saturated carbocycles. The molecule has 0 aromatic heterocycles. The number of benzene rings is 1. The maximum absolute atomic E-state index is 12.7. The second kappa shape index (κ2) is 9.28. The van der Waals surface area contributed by atoms with Gasteiger partial charge in [0, 0.05) is 31.7 Å². The van der Waals surface area contributed by atoms with Crippen LogP contribution in [0.3, 0.4) is 0 Å². The number of hydrogen-bond acceptors (Lipinski definition) is 4. The van der Waals surface area contributed by atoms with Gasteiger partial charge in [0.15, 0.2) is 6.61 Å². The summed E-state index contributed by atoms with van der Waals surface area (Å²) in [5.41, 5.74) is 4.51. The van der Waals surface area contributed by atoms with Crippen molar-refractivity contribution in [2.24, 2.45) is 5.73 Å². The highest BCUT2D eigenvalue weighted by Crippen LogP contribution is 2.29. The molecule has 2 N–H and O–H groups in total. The van der Waals surface area contributed by atoms with Crippen molar-refractivity contribution in [2.45, 2.75) is 12.6 Å². The number of hydrogen-bond donors (Lipinski definition) is 1. The van der Waals surface area contributed by atoms with Crippen LogP contribution in [0.4, 0.5) is 18.0 Å². The van der Waals surface area contributed by atoms with Crippen molar-refractivity contribution in [1.82, 2.24) is 9.80 Å². The number of nitrogens with zero attached hydrogens (tertiary/aromatic N) is 2. The smallest absolute Gasteiger partial charge is 0.416 e. The van der Waals surface area contributed by atoms with Crippen LogP contribution < -0.4 is 5.73 Å². The molecule has 0 spiro atoms. The van der Waals surface area contributed by atoms with Crippen LogP contribution >= 0.6 is 0 Å². The summed E-state index contributed by atoms with van der Waals surface area (Å²) in [4.78, 5) is 26.0. The molecule has 2 rings (SSSR count). The molecule has 1 aliphatic rings. The van der Waals surface area contributed by atoms with Gasteiger partial charge in [-0.3, -0.25) is 9.69 Å². The first kappa shape index (κ1) is 20.6. The molecule has 1 saturated heterocycles. The van der Waals surface area contributed by atoms with Gasteiger partial charge in [-0.1, -0.05) is 17.9 Å². The normalized spacial score (nSPS) is 15.4. The van der Waals surface area contributed by atoms with E-state index in [1.807, 2.05) is 4.90 Å². The predicted octanol–water partition coefficient (Wildman–Crippen LogP) is 1.69. The molecule has 0 radical (unpaired) electrons. The first-order valence-corrected chi connectivity index (χ1v) is 8.34. The Morgan fingerprint density at radius 1 is 1.19 bits per heavy atom. The first-order valence-electron chi connectivity index (χ1n) is 8.34. The fourth-order valence-electron chi connectivity index (χ4n) is 2.56. The largest absolute Gasteiger partial charge is 0.439 e. The summed E-state index contributed by atoms with van der Waals surface area (Å²) in [6, 6.07) is 4.88. The molecule has 0 bridgehead atoms. The number of nitrogens with two attached hydrogens (primary N) is 1. The third-order valence-electron chi connectivity index (χ3n) is 3.91. The Morgan fingerprint density at radius 3 is 2.67 bits per heavy atom. The summed E-state index contributed by atoms with van der Waals surface area (Å²) >= 11 is 0. The molecule has 1 aliphatic heterocycles. The van der Waals surface area contributed by atoms with E-state index < -0.39 is 30.3 Å². The zero-order valence-corrected chi connectivity index (χ0v) is 14.6. The Morgan fingerprint density at radius 2 is 1.96 bits per heavy atom. The van der Waals surface area contributed by atoms with Gasteiger partial charge >= 0.3 is 12.3 Å². The molecule has 6 nitrogen and oxygen atoms in total. The molecule has 0 atom stereocenters. The minimum absolute atomic E-state index is 0.302. The molecule has 27 heavy (non-hydrogen) atoms. The van der Waals surface area contributed by atoms with Crippen molar-refractivity contribution in [3.8, 4) is 11.8 Å². The van der Waals surface area contributed by atoms with Gasteiger partial charge in [-0.25, -0.2) is 4.79 Å². The van der Waals surface area contributed by atoms with Gasteiger partial charge < -0.3 is 15.4 Å². The van der Waals surface area contributed by atoms with Crippen molar-refractivity contribution in [2.75, 3.05) is 39.3 Å². The SMILES string of the molecule is NC(=O)COC(=O)N1CCCN(CC#Cc2cccc(C(F)(F)F)c2)CC1. The number of alkyl halides is 3. The lowest BCUT2D eigenvalue weighted by Crippen LogP contribution is -2.37. The molecule has 1 aromatic rings. The zero-order valence-electron chi connectivity index (χ0n) is 14.6. The molecule has 146 valence electrons. The van der Waals surface area contributed by atoms with E-state index in [0.717, 1.165) is 12.1 Å². The van der Waals surface area contributed by atoms with Crippen molar-refractivity contribution >= 4 is 12.0 Å². The molecular formula is C18H20F3N3O3. The second-order valence-corrected chi connectivity index (χ2v) is 6.02. The van der Waals surface area contributed by atoms with Crippen molar-refractivity contribution < 1.29 is 27.5 Å². The van der Waals surface area contributed by atoms with E-state index in [4.69, 9.17) is 10.5 Å². The molecule has 1 aromatic carbocycles. The summed E-state index contributed by atoms with van der Waals surface area (Å²) in [6.45, 7) is 2.04. The quantitative estimate of drug-likeness (QED) is 0.806. The maximum Gasteiger partial charge on any atom is 0.416 e. The third kappa shape index (κ3) is 6.83. The van der Waals surface area contributed by atoms with Gasteiger partial charge in [-0.15, -0.1) is 0 Å². The Bertz CT molecular complexity index is 741. The first-order chi connectivity index (χ1) is 12.8. The van der Waals surface area contributed by atoms with Gasteiger partial charge in [0.2, 0.25) is 0 Å². The molecule has 0 unspecified atom stereocenters. The van der Waals surface area contributed by atoms with Crippen LogP contribution in [0.2, 0.25) is 0 Å². The Kier molecular flexibility index (Phi) is 7.07. The number of carbonyl (C=O) groups excluding carboxylic acids is 2. The molecule has 9 heteroatoms. The van der Waals surface area contributed by atoms with Crippen LogP contribution in [0.5, 0.6) is 0 Å². The molecule has 0 aliphatic carbocycles. The summed E-state index contributed by atoms with van der Waals surface area (Å²) in [5.74, 6) is 4.90. The highest BCUT2D eigenvalue weighted by molar-refractivity contribution is 5.78. The highest BCUT2D eigenvalue weighted by Gasteiger charge is 2.30. The predicted molar refractivity (Wildman–Crippen MR) is 91.5 cm³/mol. The number of carbonyl (C=O) groups is 2. The van der Waals surface area contributed by atoms with E-state index >= 15 is 0 Å². The van der Waals surface area contributed by atoms with Crippen LogP contribution in [-0.2, 0) is 15.7 Å². The fraction of sp³-hybridized carbons (Fsp3) is 0.444. The van der Waals surface area contributed by atoms with E-state index in [0.29, 0.717) is 44.7 Å². The topological polar surface area (TPSA) is 75.9 Å². The molecular weight excluding hydrogens is 363 g/mol. The van der Waals surface area contributed by atoms with Crippen LogP contribution in [-0.4, -0.2) is 61.1 Å². The standard InChI is InChI=1S/C18H20F3N3O3/c19-18(20,21)15-6-1-4-14(12-15)5-2-7-23-8-3-9-24(11-10-23)17(26)27-13-16(22)25/h1,4,6,12H,3,7-11,13H2,(H2,22,25). The van der Waals surface area contributed by atoms with Crippen LogP contribution in [0, 0.1) is 11.8 Å².